The molecule has 3 heterocycles. The number of hydrogen-bond donors (Lipinski definition) is 1. The summed E-state index contributed by atoms with van der Waals surface area (Å²) in [5.74, 6) is 0.548. The molecule has 1 fully saturated rings. The number of nitrogens with zero attached hydrogens (tertiary/aromatic N) is 2. The van der Waals surface area contributed by atoms with Gasteiger partial charge in [-0.15, -0.1) is 0 Å². The van der Waals surface area contributed by atoms with E-state index in [1.165, 1.54) is 0 Å². The lowest BCUT2D eigenvalue weighted by Gasteiger charge is -2.31. The molecule has 6 heteroatoms. The number of carbonyl (C=O) groups excluding carboxylic acids is 1. The average Bonchev–Trinajstić information content (AvgIpc) is 3.33. The van der Waals surface area contributed by atoms with E-state index in [0.717, 1.165) is 54.5 Å². The summed E-state index contributed by atoms with van der Waals surface area (Å²) in [6, 6.07) is 9.49. The van der Waals surface area contributed by atoms with Gasteiger partial charge >= 0.3 is 0 Å². The summed E-state index contributed by atoms with van der Waals surface area (Å²) in [5.41, 5.74) is 3.68. The van der Waals surface area contributed by atoms with Crippen LogP contribution >= 0.6 is 0 Å². The summed E-state index contributed by atoms with van der Waals surface area (Å²) in [7, 11) is 0. The van der Waals surface area contributed by atoms with Gasteiger partial charge < -0.3 is 14.3 Å². The molecule has 1 aromatic carbocycles. The quantitative estimate of drug-likeness (QED) is 0.759. The van der Waals surface area contributed by atoms with Gasteiger partial charge in [-0.25, -0.2) is 4.98 Å². The van der Waals surface area contributed by atoms with Crippen LogP contribution in [0.3, 0.4) is 0 Å². The first kappa shape index (κ1) is 16.3. The fourth-order valence-electron chi connectivity index (χ4n) is 4.27. The summed E-state index contributed by atoms with van der Waals surface area (Å²) in [6.45, 7) is 1.19. The summed E-state index contributed by atoms with van der Waals surface area (Å²) in [5, 5.41) is 0. The molecule has 2 aliphatic rings. The third-order valence-corrected chi connectivity index (χ3v) is 5.69. The van der Waals surface area contributed by atoms with Crippen LogP contribution in [0, 0.1) is 0 Å². The van der Waals surface area contributed by atoms with Gasteiger partial charge in [0.1, 0.15) is 11.1 Å². The van der Waals surface area contributed by atoms with Crippen molar-refractivity contribution in [1.82, 2.24) is 14.9 Å². The Kier molecular flexibility index (Phi) is 3.85. The molecule has 0 bridgehead atoms. The van der Waals surface area contributed by atoms with Gasteiger partial charge in [0.2, 0.25) is 0 Å². The monoisotopic (exact) mass is 363 g/mol. The minimum atomic E-state index is -0.273. The normalized spacial score (nSPS) is 19.4. The van der Waals surface area contributed by atoms with Crippen LogP contribution in [0.25, 0.3) is 11.1 Å². The highest BCUT2D eigenvalue weighted by Crippen LogP contribution is 2.29. The van der Waals surface area contributed by atoms with Crippen LogP contribution in [0.5, 0.6) is 0 Å². The molecule has 1 N–H and O–H groups in total. The van der Waals surface area contributed by atoms with Gasteiger partial charge in [0.05, 0.1) is 5.92 Å². The lowest BCUT2D eigenvalue weighted by atomic mass is 9.97. The first-order chi connectivity index (χ1) is 13.2. The second-order valence-electron chi connectivity index (χ2n) is 7.48. The number of nitrogens with one attached hydrogen (secondary N) is 1. The number of benzene rings is 1. The molecule has 6 nitrogen and oxygen atoms in total. The van der Waals surface area contributed by atoms with Crippen molar-refractivity contribution in [2.24, 2.45) is 0 Å². The van der Waals surface area contributed by atoms with Crippen molar-refractivity contribution in [3.8, 4) is 0 Å². The Bertz CT molecular complexity index is 1050. The van der Waals surface area contributed by atoms with Crippen molar-refractivity contribution < 1.29 is 9.21 Å². The third kappa shape index (κ3) is 2.85. The lowest BCUT2D eigenvalue weighted by molar-refractivity contribution is 0.0697. The lowest BCUT2D eigenvalue weighted by Crippen LogP contribution is -2.41. The number of aromatic amines is 1. The molecule has 1 saturated heterocycles. The third-order valence-electron chi connectivity index (χ3n) is 5.69. The number of fused-ring (bicyclic) bond motifs is 2. The molecule has 27 heavy (non-hydrogen) atoms. The molecule has 2 aromatic heterocycles. The molecule has 1 amide bonds. The minimum absolute atomic E-state index is 0.0589. The zero-order valence-electron chi connectivity index (χ0n) is 15.0. The van der Waals surface area contributed by atoms with E-state index in [4.69, 9.17) is 4.42 Å². The summed E-state index contributed by atoms with van der Waals surface area (Å²) >= 11 is 0. The summed E-state index contributed by atoms with van der Waals surface area (Å²) in [4.78, 5) is 34.7. The number of piperidine rings is 1. The standard InChI is InChI=1S/C21H21N3O3/c25-19-15(11-13-5-3-8-16(13)22-19)21(26)24-10-4-6-14(12-24)20-23-17-7-1-2-9-18(17)27-20/h1-2,7,9,11,14H,3-6,8,10,12H2,(H,22,25)/t14-/m1/s1. The Balaban J connectivity index is 1.41. The first-order valence-corrected chi connectivity index (χ1v) is 9.59. The number of aryl methyl sites for hydroxylation is 2. The molecule has 0 spiro atoms. The zero-order valence-corrected chi connectivity index (χ0v) is 15.0. The topological polar surface area (TPSA) is 79.2 Å². The fourth-order valence-corrected chi connectivity index (χ4v) is 4.27. The Morgan fingerprint density at radius 2 is 2.11 bits per heavy atom. The Hall–Kier alpha value is -2.89. The van der Waals surface area contributed by atoms with Crippen LogP contribution in [0.1, 0.15) is 52.7 Å². The van der Waals surface area contributed by atoms with E-state index in [1.54, 1.807) is 11.0 Å². The number of aromatic nitrogens is 2. The van der Waals surface area contributed by atoms with Crippen LogP contribution in [0.4, 0.5) is 0 Å². The molecule has 0 saturated carbocycles. The van der Waals surface area contributed by atoms with E-state index < -0.39 is 0 Å². The maximum atomic E-state index is 13.0. The van der Waals surface area contributed by atoms with Crippen molar-refractivity contribution in [3.63, 3.8) is 0 Å². The van der Waals surface area contributed by atoms with Gasteiger partial charge in [0.25, 0.3) is 11.5 Å². The number of carbonyl (C=O) groups is 1. The molecule has 0 radical (unpaired) electrons. The largest absolute Gasteiger partial charge is 0.440 e. The van der Waals surface area contributed by atoms with Crippen LogP contribution in [0.2, 0.25) is 0 Å². The number of pyridine rings is 1. The first-order valence-electron chi connectivity index (χ1n) is 9.59. The van der Waals surface area contributed by atoms with Crippen molar-refractivity contribution in [2.75, 3.05) is 13.1 Å². The smallest absolute Gasteiger partial charge is 0.261 e. The highest BCUT2D eigenvalue weighted by Gasteiger charge is 2.30. The summed E-state index contributed by atoms with van der Waals surface area (Å²) < 4.78 is 5.91. The van der Waals surface area contributed by atoms with Crippen molar-refractivity contribution in [1.29, 1.82) is 0 Å². The number of amides is 1. The molecular formula is C21H21N3O3. The minimum Gasteiger partial charge on any atom is -0.440 e. The predicted molar refractivity (Wildman–Crippen MR) is 101 cm³/mol. The van der Waals surface area contributed by atoms with E-state index in [0.29, 0.717) is 19.0 Å². The summed E-state index contributed by atoms with van der Waals surface area (Å²) in [6.07, 6.45) is 4.65. The number of para-hydroxylation sites is 2. The Labute approximate surface area is 156 Å². The van der Waals surface area contributed by atoms with Crippen LogP contribution in [0.15, 0.2) is 39.5 Å². The van der Waals surface area contributed by atoms with Crippen LogP contribution in [-0.2, 0) is 12.8 Å². The van der Waals surface area contributed by atoms with Gasteiger partial charge in [-0.1, -0.05) is 12.1 Å². The van der Waals surface area contributed by atoms with Crippen LogP contribution < -0.4 is 5.56 Å². The Morgan fingerprint density at radius 1 is 1.22 bits per heavy atom. The van der Waals surface area contributed by atoms with E-state index in [1.807, 2.05) is 24.3 Å². The van der Waals surface area contributed by atoms with Crippen molar-refractivity contribution in [2.45, 2.75) is 38.0 Å². The van der Waals surface area contributed by atoms with E-state index in [2.05, 4.69) is 9.97 Å². The molecular weight excluding hydrogens is 342 g/mol. The molecule has 1 atom stereocenters. The molecule has 138 valence electrons. The highest BCUT2D eigenvalue weighted by molar-refractivity contribution is 5.94. The molecule has 3 aromatic rings. The number of rotatable bonds is 2. The zero-order chi connectivity index (χ0) is 18.4. The van der Waals surface area contributed by atoms with Crippen molar-refractivity contribution in [3.05, 3.63) is 63.4 Å². The van der Waals surface area contributed by atoms with E-state index in [9.17, 15) is 9.59 Å². The van der Waals surface area contributed by atoms with Gasteiger partial charge in [-0.05, 0) is 55.9 Å². The molecule has 0 unspecified atom stereocenters. The second-order valence-corrected chi connectivity index (χ2v) is 7.48. The molecule has 5 rings (SSSR count). The maximum absolute atomic E-state index is 13.0. The number of H-pyrrole nitrogens is 1. The fraction of sp³-hybridized carbons (Fsp3) is 0.381. The predicted octanol–water partition coefficient (Wildman–Crippen LogP) is 3.02. The SMILES string of the molecule is O=C(c1cc2c([nH]c1=O)CCC2)N1CCC[C@@H](c2nc3ccccc3o2)C1. The highest BCUT2D eigenvalue weighted by atomic mass is 16.3. The number of likely N-dealkylation sites (tertiary alicyclic amines) is 1. The average molecular weight is 363 g/mol. The Morgan fingerprint density at radius 3 is 3.00 bits per heavy atom. The van der Waals surface area contributed by atoms with E-state index >= 15 is 0 Å². The molecule has 1 aliphatic heterocycles. The number of oxazole rings is 1. The van der Waals surface area contributed by atoms with Gasteiger partial charge in [-0.2, -0.15) is 0 Å². The van der Waals surface area contributed by atoms with Gasteiger partial charge in [-0.3, -0.25) is 9.59 Å². The van der Waals surface area contributed by atoms with Crippen molar-refractivity contribution >= 4 is 17.0 Å². The van der Waals surface area contributed by atoms with E-state index in [-0.39, 0.29) is 22.9 Å². The maximum Gasteiger partial charge on any atom is 0.261 e. The molecule has 1 aliphatic carbocycles. The van der Waals surface area contributed by atoms with Crippen LogP contribution in [-0.4, -0.2) is 33.9 Å². The second kappa shape index (κ2) is 6.37. The number of hydrogen-bond acceptors (Lipinski definition) is 4. The van der Waals surface area contributed by atoms with Gasteiger partial charge in [0.15, 0.2) is 11.5 Å². The van der Waals surface area contributed by atoms with Gasteiger partial charge in [0, 0.05) is 18.8 Å².